The summed E-state index contributed by atoms with van der Waals surface area (Å²) in [5, 5.41) is 0.792. The summed E-state index contributed by atoms with van der Waals surface area (Å²) in [4.78, 5) is 10.9. The Morgan fingerprint density at radius 3 is 2.44 bits per heavy atom. The van der Waals surface area contributed by atoms with E-state index >= 15 is 0 Å². The molecule has 86 valence electrons. The van der Waals surface area contributed by atoms with Gasteiger partial charge in [0.15, 0.2) is 0 Å². The molecule has 3 nitrogen and oxygen atoms in total. The molecular weight excluding hydrogens is 251 g/mol. The van der Waals surface area contributed by atoms with E-state index in [1.54, 1.807) is 18.2 Å². The van der Waals surface area contributed by atoms with Crippen molar-refractivity contribution in [3.05, 3.63) is 33.8 Å². The number of methoxy groups -OCH3 is 2. The highest BCUT2D eigenvalue weighted by atomic mass is 35.5. The fourth-order valence-electron chi connectivity index (χ4n) is 1.08. The number of esters is 1. The van der Waals surface area contributed by atoms with Gasteiger partial charge in [-0.2, -0.15) is 0 Å². The number of hydrogen-bond donors (Lipinski definition) is 0. The molecule has 0 unspecified atom stereocenters. The van der Waals surface area contributed by atoms with Crippen molar-refractivity contribution in [1.82, 2.24) is 0 Å². The minimum Gasteiger partial charge on any atom is -0.496 e. The fraction of sp³-hybridized carbons (Fsp3) is 0.182. The highest BCUT2D eigenvalue weighted by molar-refractivity contribution is 6.42. The van der Waals surface area contributed by atoms with Gasteiger partial charge in [-0.1, -0.05) is 23.2 Å². The van der Waals surface area contributed by atoms with Crippen LogP contribution in [0, 0.1) is 0 Å². The zero-order valence-electron chi connectivity index (χ0n) is 8.79. The van der Waals surface area contributed by atoms with E-state index in [9.17, 15) is 4.79 Å². The van der Waals surface area contributed by atoms with Crippen LogP contribution in [-0.4, -0.2) is 20.2 Å². The highest BCUT2D eigenvalue weighted by Crippen LogP contribution is 2.31. The molecule has 0 fully saturated rings. The smallest absolute Gasteiger partial charge is 0.330 e. The molecule has 1 rings (SSSR count). The molecule has 16 heavy (non-hydrogen) atoms. The molecule has 0 saturated heterocycles. The molecule has 5 heteroatoms. The van der Waals surface area contributed by atoms with E-state index in [2.05, 4.69) is 4.74 Å². The summed E-state index contributed by atoms with van der Waals surface area (Å²) in [5.74, 6) is 0.0858. The van der Waals surface area contributed by atoms with Gasteiger partial charge in [-0.05, 0) is 12.1 Å². The van der Waals surface area contributed by atoms with Gasteiger partial charge in [0.1, 0.15) is 5.75 Å². The summed E-state index contributed by atoms with van der Waals surface area (Å²) in [6, 6.07) is 3.20. The second-order valence-corrected chi connectivity index (χ2v) is 3.68. The Hall–Kier alpha value is -1.19. The van der Waals surface area contributed by atoms with E-state index in [1.807, 2.05) is 0 Å². The predicted octanol–water partition coefficient (Wildman–Crippen LogP) is 3.19. The number of carbonyl (C=O) groups is 1. The Morgan fingerprint density at radius 2 is 1.88 bits per heavy atom. The third-order valence-corrected chi connectivity index (χ3v) is 2.59. The van der Waals surface area contributed by atoms with E-state index in [0.29, 0.717) is 21.4 Å². The maximum atomic E-state index is 10.9. The SMILES string of the molecule is COC(=O)/C=C/c1cc(Cl)c(Cl)cc1OC. The zero-order valence-corrected chi connectivity index (χ0v) is 10.3. The van der Waals surface area contributed by atoms with Crippen LogP contribution in [-0.2, 0) is 9.53 Å². The first-order chi connectivity index (χ1) is 7.58. The summed E-state index contributed by atoms with van der Waals surface area (Å²) < 4.78 is 9.57. The van der Waals surface area contributed by atoms with Crippen LogP contribution in [0.1, 0.15) is 5.56 Å². The van der Waals surface area contributed by atoms with Gasteiger partial charge < -0.3 is 9.47 Å². The van der Waals surface area contributed by atoms with E-state index in [-0.39, 0.29) is 0 Å². The van der Waals surface area contributed by atoms with Crippen molar-refractivity contribution in [3.8, 4) is 5.75 Å². The lowest BCUT2D eigenvalue weighted by Crippen LogP contribution is -1.94. The van der Waals surface area contributed by atoms with Gasteiger partial charge in [-0.3, -0.25) is 0 Å². The molecule has 0 aliphatic carbocycles. The third kappa shape index (κ3) is 3.15. The largest absolute Gasteiger partial charge is 0.496 e. The molecule has 0 bridgehead atoms. The van der Waals surface area contributed by atoms with Gasteiger partial charge >= 0.3 is 5.97 Å². The fourth-order valence-corrected chi connectivity index (χ4v) is 1.40. The molecule has 0 atom stereocenters. The van der Waals surface area contributed by atoms with Crippen LogP contribution in [0.15, 0.2) is 18.2 Å². The monoisotopic (exact) mass is 260 g/mol. The number of carbonyl (C=O) groups excluding carboxylic acids is 1. The van der Waals surface area contributed by atoms with Crippen molar-refractivity contribution in [1.29, 1.82) is 0 Å². The highest BCUT2D eigenvalue weighted by Gasteiger charge is 2.06. The molecule has 0 heterocycles. The maximum absolute atomic E-state index is 10.9. The zero-order chi connectivity index (χ0) is 12.1. The van der Waals surface area contributed by atoms with E-state index in [4.69, 9.17) is 27.9 Å². The standard InChI is InChI=1S/C11H10Cl2O3/c1-15-10-6-9(13)8(12)5-7(10)3-4-11(14)16-2/h3-6H,1-2H3/b4-3+. The molecule has 0 aliphatic rings. The minimum absolute atomic E-state index is 0.395. The van der Waals surface area contributed by atoms with Gasteiger partial charge in [0, 0.05) is 17.7 Å². The van der Waals surface area contributed by atoms with Crippen LogP contribution in [0.5, 0.6) is 5.75 Å². The van der Waals surface area contributed by atoms with Crippen molar-refractivity contribution < 1.29 is 14.3 Å². The number of rotatable bonds is 3. The topological polar surface area (TPSA) is 35.5 Å². The number of benzene rings is 1. The van der Waals surface area contributed by atoms with Crippen LogP contribution >= 0.6 is 23.2 Å². The third-order valence-electron chi connectivity index (χ3n) is 1.87. The quantitative estimate of drug-likeness (QED) is 0.619. The van der Waals surface area contributed by atoms with Crippen molar-refractivity contribution in [3.63, 3.8) is 0 Å². The average molecular weight is 261 g/mol. The van der Waals surface area contributed by atoms with E-state index in [1.165, 1.54) is 20.3 Å². The second-order valence-electron chi connectivity index (χ2n) is 2.86. The van der Waals surface area contributed by atoms with Gasteiger partial charge in [0.05, 0.1) is 24.3 Å². The molecule has 0 amide bonds. The Balaban J connectivity index is 3.07. The van der Waals surface area contributed by atoms with Crippen LogP contribution in [0.3, 0.4) is 0 Å². The number of ether oxygens (including phenoxy) is 2. The molecule has 0 aromatic heterocycles. The van der Waals surface area contributed by atoms with Crippen LogP contribution in [0.25, 0.3) is 6.08 Å². The maximum Gasteiger partial charge on any atom is 0.330 e. The first kappa shape index (κ1) is 12.9. The lowest BCUT2D eigenvalue weighted by atomic mass is 10.2. The first-order valence-electron chi connectivity index (χ1n) is 4.37. The molecule has 0 aliphatic heterocycles. The lowest BCUT2D eigenvalue weighted by molar-refractivity contribution is -0.134. The van der Waals surface area contributed by atoms with Crippen molar-refractivity contribution in [2.24, 2.45) is 0 Å². The number of halogens is 2. The van der Waals surface area contributed by atoms with Gasteiger partial charge in [-0.25, -0.2) is 4.79 Å². The summed E-state index contributed by atoms with van der Waals surface area (Å²) in [6.45, 7) is 0. The van der Waals surface area contributed by atoms with Gasteiger partial charge in [0.2, 0.25) is 0 Å². The summed E-state index contributed by atoms with van der Waals surface area (Å²) in [7, 11) is 2.81. The van der Waals surface area contributed by atoms with E-state index < -0.39 is 5.97 Å². The first-order valence-corrected chi connectivity index (χ1v) is 5.13. The average Bonchev–Trinajstić information content (AvgIpc) is 2.29. The summed E-state index contributed by atoms with van der Waals surface area (Å²) in [5.41, 5.74) is 0.655. The Morgan fingerprint density at radius 1 is 1.25 bits per heavy atom. The molecule has 0 radical (unpaired) electrons. The van der Waals surface area contributed by atoms with Gasteiger partial charge in [0.25, 0.3) is 0 Å². The Bertz CT molecular complexity index is 427. The molecule has 0 N–H and O–H groups in total. The summed E-state index contributed by atoms with van der Waals surface area (Å²) in [6.07, 6.45) is 2.83. The molecule has 1 aromatic rings. The molecule has 0 saturated carbocycles. The van der Waals surface area contributed by atoms with Gasteiger partial charge in [-0.15, -0.1) is 0 Å². The molecule has 1 aromatic carbocycles. The normalized spacial score (nSPS) is 10.5. The lowest BCUT2D eigenvalue weighted by Gasteiger charge is -2.06. The Kier molecular flexibility index (Phi) is 4.65. The second kappa shape index (κ2) is 5.77. The van der Waals surface area contributed by atoms with E-state index in [0.717, 1.165) is 0 Å². The van der Waals surface area contributed by atoms with Crippen LogP contribution < -0.4 is 4.74 Å². The number of hydrogen-bond acceptors (Lipinski definition) is 3. The Labute approximate surface area is 104 Å². The van der Waals surface area contributed by atoms with Crippen molar-refractivity contribution in [2.45, 2.75) is 0 Å². The van der Waals surface area contributed by atoms with Crippen molar-refractivity contribution >= 4 is 35.2 Å². The molecule has 0 spiro atoms. The van der Waals surface area contributed by atoms with Crippen molar-refractivity contribution in [2.75, 3.05) is 14.2 Å². The summed E-state index contributed by atoms with van der Waals surface area (Å²) >= 11 is 11.7. The predicted molar refractivity (Wildman–Crippen MR) is 64.1 cm³/mol. The minimum atomic E-state index is -0.451. The van der Waals surface area contributed by atoms with Crippen LogP contribution in [0.2, 0.25) is 10.0 Å². The molecular formula is C11H10Cl2O3. The van der Waals surface area contributed by atoms with Crippen LogP contribution in [0.4, 0.5) is 0 Å².